The lowest BCUT2D eigenvalue weighted by Gasteiger charge is -2.14. The Morgan fingerprint density at radius 1 is 1.26 bits per heavy atom. The van der Waals surface area contributed by atoms with Gasteiger partial charge in [0.2, 0.25) is 0 Å². The molecular weight excluding hydrogens is 415 g/mol. The molecule has 2 aromatic carbocycles. The van der Waals surface area contributed by atoms with Crippen LogP contribution in [0.3, 0.4) is 0 Å². The molecule has 0 fully saturated rings. The molecule has 2 heterocycles. The molecule has 1 amide bonds. The van der Waals surface area contributed by atoms with Gasteiger partial charge < -0.3 is 10.8 Å². The van der Waals surface area contributed by atoms with E-state index >= 15 is 0 Å². The Morgan fingerprint density at radius 2 is 2.04 bits per heavy atom. The normalized spacial score (nSPS) is 12.8. The number of hydrogen-bond acceptors (Lipinski definition) is 4. The van der Waals surface area contributed by atoms with Crippen LogP contribution in [0.15, 0.2) is 51.9 Å². The summed E-state index contributed by atoms with van der Waals surface area (Å²) >= 11 is 3.51. The van der Waals surface area contributed by atoms with Gasteiger partial charge in [-0.3, -0.25) is 14.4 Å². The van der Waals surface area contributed by atoms with Crippen molar-refractivity contribution in [2.45, 2.75) is 13.2 Å². The van der Waals surface area contributed by atoms with E-state index in [4.69, 9.17) is 5.73 Å². The number of hydrogen-bond donors (Lipinski definition) is 2. The zero-order chi connectivity index (χ0) is 19.1. The van der Waals surface area contributed by atoms with Crippen LogP contribution in [-0.4, -0.2) is 26.3 Å². The number of carbonyl (C=O) groups excluding carboxylic acids is 1. The van der Waals surface area contributed by atoms with Crippen LogP contribution in [0.4, 0.5) is 4.39 Å². The summed E-state index contributed by atoms with van der Waals surface area (Å²) in [5.41, 5.74) is 8.42. The van der Waals surface area contributed by atoms with Crippen LogP contribution in [0, 0.1) is 5.82 Å². The molecule has 4 rings (SSSR count). The molecule has 0 bridgehead atoms. The number of amides is 1. The van der Waals surface area contributed by atoms with E-state index in [0.29, 0.717) is 22.7 Å². The highest BCUT2D eigenvalue weighted by Gasteiger charge is 2.27. The molecular formula is C19H14BrFN4O2. The average molecular weight is 429 g/mol. The highest BCUT2D eigenvalue weighted by Crippen LogP contribution is 2.31. The van der Waals surface area contributed by atoms with Gasteiger partial charge in [-0.15, -0.1) is 0 Å². The Labute approximate surface area is 162 Å². The molecule has 136 valence electrons. The summed E-state index contributed by atoms with van der Waals surface area (Å²) in [6.07, 6.45) is 0. The Hall–Kier alpha value is -2.84. The second-order valence-corrected chi connectivity index (χ2v) is 6.84. The van der Waals surface area contributed by atoms with Crippen LogP contribution in [0.2, 0.25) is 0 Å². The fraction of sp³-hybridized carbons (Fsp3) is 0.105. The van der Waals surface area contributed by atoms with E-state index < -0.39 is 18.3 Å². The predicted molar refractivity (Wildman–Crippen MR) is 101 cm³/mol. The molecule has 0 saturated carbocycles. The van der Waals surface area contributed by atoms with Gasteiger partial charge in [-0.1, -0.05) is 34.1 Å². The van der Waals surface area contributed by atoms with Crippen molar-refractivity contribution < 1.29 is 14.3 Å². The Morgan fingerprint density at radius 3 is 2.74 bits per heavy atom. The van der Waals surface area contributed by atoms with Gasteiger partial charge in [0.25, 0.3) is 5.91 Å². The third kappa shape index (κ3) is 2.87. The molecule has 3 N–H and O–H groups in total. The van der Waals surface area contributed by atoms with E-state index in [0.717, 1.165) is 10.0 Å². The number of nitrogens with two attached hydrogens (primary N) is 1. The minimum absolute atomic E-state index is 0.0476. The van der Waals surface area contributed by atoms with Gasteiger partial charge in [0.05, 0.1) is 23.6 Å². The number of rotatable bonds is 3. The van der Waals surface area contributed by atoms with E-state index in [2.05, 4.69) is 25.9 Å². The van der Waals surface area contributed by atoms with E-state index in [1.165, 1.54) is 12.1 Å². The van der Waals surface area contributed by atoms with Crippen LogP contribution in [-0.2, 0) is 13.2 Å². The van der Waals surface area contributed by atoms with Crippen molar-refractivity contribution in [3.63, 3.8) is 0 Å². The Kier molecular flexibility index (Phi) is 4.37. The zero-order valence-corrected chi connectivity index (χ0v) is 15.6. The number of aliphatic hydroxyl groups is 1. The highest BCUT2D eigenvalue weighted by molar-refractivity contribution is 9.10. The molecule has 8 heteroatoms. The van der Waals surface area contributed by atoms with E-state index in [1.807, 2.05) is 24.3 Å². The number of aliphatic hydroxyl groups excluding tert-OH is 1. The molecule has 3 aromatic rings. The van der Waals surface area contributed by atoms with Crippen molar-refractivity contribution in [3.05, 3.63) is 81.1 Å². The maximum Gasteiger partial charge on any atom is 0.269 e. The SMILES string of the molecule is NC(=O)c1nc(CO)n2c1CN=C(c1ccccc1Br)c1cc(F)ccc1-2. The summed E-state index contributed by atoms with van der Waals surface area (Å²) < 4.78 is 16.5. The number of benzene rings is 2. The van der Waals surface area contributed by atoms with Gasteiger partial charge in [0.15, 0.2) is 5.69 Å². The molecule has 6 nitrogen and oxygen atoms in total. The Balaban J connectivity index is 2.05. The third-order valence-corrected chi connectivity index (χ3v) is 5.08. The Bertz CT molecular complexity index is 1110. The maximum atomic E-state index is 14.1. The number of halogens is 2. The van der Waals surface area contributed by atoms with Gasteiger partial charge in [0.1, 0.15) is 18.2 Å². The van der Waals surface area contributed by atoms with Crippen molar-refractivity contribution in [1.82, 2.24) is 9.55 Å². The molecule has 0 atom stereocenters. The maximum absolute atomic E-state index is 14.1. The molecule has 0 radical (unpaired) electrons. The standard InChI is InChI=1S/C19H14BrFN4O2/c20-13-4-2-1-3-11(13)17-12-7-10(21)5-6-14(12)25-15(8-23-17)18(19(22)27)24-16(25)9-26/h1-7,26H,8-9H2,(H2,22,27). The summed E-state index contributed by atoms with van der Waals surface area (Å²) in [4.78, 5) is 20.6. The summed E-state index contributed by atoms with van der Waals surface area (Å²) in [5, 5.41) is 9.73. The van der Waals surface area contributed by atoms with Crippen molar-refractivity contribution in [2.24, 2.45) is 10.7 Å². The van der Waals surface area contributed by atoms with Crippen LogP contribution in [0.5, 0.6) is 0 Å². The van der Waals surface area contributed by atoms with Gasteiger partial charge >= 0.3 is 0 Å². The van der Waals surface area contributed by atoms with Crippen LogP contribution in [0.1, 0.15) is 33.1 Å². The van der Waals surface area contributed by atoms with Crippen LogP contribution < -0.4 is 5.73 Å². The second-order valence-electron chi connectivity index (χ2n) is 5.99. The van der Waals surface area contributed by atoms with Crippen LogP contribution in [0.25, 0.3) is 5.69 Å². The second kappa shape index (κ2) is 6.71. The molecule has 1 aliphatic rings. The number of carbonyl (C=O) groups is 1. The summed E-state index contributed by atoms with van der Waals surface area (Å²) in [6, 6.07) is 11.8. The first-order valence-corrected chi connectivity index (χ1v) is 8.91. The zero-order valence-electron chi connectivity index (χ0n) is 14.0. The molecule has 0 spiro atoms. The number of aliphatic imine (C=N–C) groups is 1. The van der Waals surface area contributed by atoms with Gasteiger partial charge in [0, 0.05) is 15.6 Å². The highest BCUT2D eigenvalue weighted by atomic mass is 79.9. The van der Waals surface area contributed by atoms with Crippen molar-refractivity contribution in [1.29, 1.82) is 0 Å². The fourth-order valence-corrected chi connectivity index (χ4v) is 3.73. The average Bonchev–Trinajstić information content (AvgIpc) is 2.94. The first-order valence-electron chi connectivity index (χ1n) is 8.12. The topological polar surface area (TPSA) is 93.5 Å². The summed E-state index contributed by atoms with van der Waals surface area (Å²) in [5.74, 6) is -0.880. The van der Waals surface area contributed by atoms with Gasteiger partial charge in [-0.05, 0) is 24.3 Å². The van der Waals surface area contributed by atoms with Crippen molar-refractivity contribution >= 4 is 27.5 Å². The predicted octanol–water partition coefficient (Wildman–Crippen LogP) is 2.72. The van der Waals surface area contributed by atoms with Crippen molar-refractivity contribution in [3.8, 4) is 5.69 Å². The van der Waals surface area contributed by atoms with Crippen LogP contribution >= 0.6 is 15.9 Å². The number of imidazole rings is 1. The quantitative estimate of drug-likeness (QED) is 0.671. The smallest absolute Gasteiger partial charge is 0.269 e. The molecule has 27 heavy (non-hydrogen) atoms. The lowest BCUT2D eigenvalue weighted by Crippen LogP contribution is -2.14. The van der Waals surface area contributed by atoms with Crippen molar-refractivity contribution in [2.75, 3.05) is 0 Å². The summed E-state index contributed by atoms with van der Waals surface area (Å²) in [7, 11) is 0. The minimum Gasteiger partial charge on any atom is -0.388 e. The molecule has 1 aromatic heterocycles. The fourth-order valence-electron chi connectivity index (χ4n) is 3.25. The number of fused-ring (bicyclic) bond motifs is 3. The monoisotopic (exact) mass is 428 g/mol. The van der Waals surface area contributed by atoms with Gasteiger partial charge in [-0.2, -0.15) is 0 Å². The largest absolute Gasteiger partial charge is 0.388 e. The van der Waals surface area contributed by atoms with E-state index in [9.17, 15) is 14.3 Å². The summed E-state index contributed by atoms with van der Waals surface area (Å²) in [6.45, 7) is -0.292. The molecule has 0 aliphatic carbocycles. The number of nitrogens with zero attached hydrogens (tertiary/aromatic N) is 3. The third-order valence-electron chi connectivity index (χ3n) is 4.39. The van der Waals surface area contributed by atoms with E-state index in [-0.39, 0.29) is 18.1 Å². The number of primary amides is 1. The first kappa shape index (κ1) is 17.6. The van der Waals surface area contributed by atoms with E-state index in [1.54, 1.807) is 10.6 Å². The lowest BCUT2D eigenvalue weighted by molar-refractivity contribution is 0.0995. The lowest BCUT2D eigenvalue weighted by atomic mass is 10.0. The molecule has 0 saturated heterocycles. The minimum atomic E-state index is -0.707. The molecule has 0 unspecified atom stereocenters. The van der Waals surface area contributed by atoms with Gasteiger partial charge in [-0.25, -0.2) is 9.37 Å². The first-order chi connectivity index (χ1) is 13.0. The molecule has 1 aliphatic heterocycles. The number of aromatic nitrogens is 2.